The summed E-state index contributed by atoms with van der Waals surface area (Å²) in [4.78, 5) is 0.222. The minimum absolute atomic E-state index is 0.222. The van der Waals surface area contributed by atoms with E-state index in [0.29, 0.717) is 5.75 Å². The van der Waals surface area contributed by atoms with Gasteiger partial charge in [0, 0.05) is 13.1 Å². The number of hydrogen-bond donors (Lipinski definition) is 2. The molecule has 3 N–H and O–H groups in total. The van der Waals surface area contributed by atoms with Crippen molar-refractivity contribution in [1.82, 2.24) is 4.72 Å². The first-order chi connectivity index (χ1) is 7.51. The summed E-state index contributed by atoms with van der Waals surface area (Å²) in [7, 11) is -1.91. The van der Waals surface area contributed by atoms with Crippen LogP contribution in [0, 0.1) is 6.92 Å². The lowest BCUT2D eigenvalue weighted by atomic mass is 10.2. The van der Waals surface area contributed by atoms with Crippen molar-refractivity contribution in [2.75, 3.05) is 20.2 Å². The van der Waals surface area contributed by atoms with Gasteiger partial charge in [0.1, 0.15) is 5.75 Å². The van der Waals surface area contributed by atoms with Gasteiger partial charge in [0.2, 0.25) is 10.0 Å². The SMILES string of the molecule is COc1ccc(S(=O)(=O)NCCN)cc1C. The summed E-state index contributed by atoms with van der Waals surface area (Å²) >= 11 is 0. The minimum Gasteiger partial charge on any atom is -0.496 e. The fourth-order valence-corrected chi connectivity index (χ4v) is 2.43. The second kappa shape index (κ2) is 5.29. The molecule has 0 saturated carbocycles. The Balaban J connectivity index is 3.01. The smallest absolute Gasteiger partial charge is 0.240 e. The molecule has 0 amide bonds. The van der Waals surface area contributed by atoms with Crippen molar-refractivity contribution in [3.8, 4) is 5.75 Å². The molecule has 0 spiro atoms. The lowest BCUT2D eigenvalue weighted by Crippen LogP contribution is -2.29. The zero-order valence-corrected chi connectivity index (χ0v) is 10.2. The molecule has 90 valence electrons. The zero-order valence-electron chi connectivity index (χ0n) is 9.36. The Morgan fingerprint density at radius 2 is 2.12 bits per heavy atom. The van der Waals surface area contributed by atoms with Gasteiger partial charge >= 0.3 is 0 Å². The first-order valence-corrected chi connectivity index (χ1v) is 6.34. The van der Waals surface area contributed by atoms with Crippen LogP contribution in [0.15, 0.2) is 23.1 Å². The van der Waals surface area contributed by atoms with Gasteiger partial charge in [0.25, 0.3) is 0 Å². The van der Waals surface area contributed by atoms with Gasteiger partial charge in [-0.15, -0.1) is 0 Å². The number of nitrogens with one attached hydrogen (secondary N) is 1. The van der Waals surface area contributed by atoms with E-state index < -0.39 is 10.0 Å². The van der Waals surface area contributed by atoms with Crippen molar-refractivity contribution < 1.29 is 13.2 Å². The molecule has 1 aromatic carbocycles. The highest BCUT2D eigenvalue weighted by atomic mass is 32.2. The van der Waals surface area contributed by atoms with E-state index in [1.165, 1.54) is 6.07 Å². The highest BCUT2D eigenvalue weighted by Gasteiger charge is 2.14. The summed E-state index contributed by atoms with van der Waals surface area (Å²) < 4.78 is 30.9. The first-order valence-electron chi connectivity index (χ1n) is 4.85. The monoisotopic (exact) mass is 244 g/mol. The standard InChI is InChI=1S/C10H16N2O3S/c1-8-7-9(3-4-10(8)15-2)16(13,14)12-6-5-11/h3-4,7,12H,5-6,11H2,1-2H3. The summed E-state index contributed by atoms with van der Waals surface area (Å²) in [6.07, 6.45) is 0. The Morgan fingerprint density at radius 3 is 2.62 bits per heavy atom. The Bertz CT molecular complexity index is 457. The van der Waals surface area contributed by atoms with Crippen LogP contribution in [0.2, 0.25) is 0 Å². The van der Waals surface area contributed by atoms with Gasteiger partial charge in [-0.25, -0.2) is 13.1 Å². The van der Waals surface area contributed by atoms with Crippen LogP contribution in [-0.2, 0) is 10.0 Å². The van der Waals surface area contributed by atoms with E-state index in [0.717, 1.165) is 5.56 Å². The molecule has 0 unspecified atom stereocenters. The van der Waals surface area contributed by atoms with Gasteiger partial charge in [0.15, 0.2) is 0 Å². The molecule has 0 aliphatic rings. The van der Waals surface area contributed by atoms with Crippen molar-refractivity contribution in [2.45, 2.75) is 11.8 Å². The highest BCUT2D eigenvalue weighted by molar-refractivity contribution is 7.89. The molecule has 16 heavy (non-hydrogen) atoms. The fraction of sp³-hybridized carbons (Fsp3) is 0.400. The topological polar surface area (TPSA) is 81.4 Å². The summed E-state index contributed by atoms with van der Waals surface area (Å²) in [5.74, 6) is 0.665. The quantitative estimate of drug-likeness (QED) is 0.777. The number of rotatable bonds is 5. The Labute approximate surface area is 95.7 Å². The van der Waals surface area contributed by atoms with Gasteiger partial charge in [0.05, 0.1) is 12.0 Å². The molecular formula is C10H16N2O3S. The van der Waals surface area contributed by atoms with Crippen molar-refractivity contribution in [2.24, 2.45) is 5.73 Å². The molecular weight excluding hydrogens is 228 g/mol. The van der Waals surface area contributed by atoms with Crippen molar-refractivity contribution >= 4 is 10.0 Å². The van der Waals surface area contributed by atoms with Crippen LogP contribution in [0.3, 0.4) is 0 Å². The number of nitrogens with two attached hydrogens (primary N) is 1. The van der Waals surface area contributed by atoms with Gasteiger partial charge in [-0.05, 0) is 30.7 Å². The summed E-state index contributed by atoms with van der Waals surface area (Å²) in [5.41, 5.74) is 6.02. The summed E-state index contributed by atoms with van der Waals surface area (Å²) in [6.45, 7) is 2.29. The maximum absolute atomic E-state index is 11.7. The number of hydrogen-bond acceptors (Lipinski definition) is 4. The number of benzene rings is 1. The van der Waals surface area contributed by atoms with Gasteiger partial charge < -0.3 is 10.5 Å². The maximum atomic E-state index is 11.7. The molecule has 5 nitrogen and oxygen atoms in total. The minimum atomic E-state index is -3.46. The number of sulfonamides is 1. The average molecular weight is 244 g/mol. The van der Waals surface area contributed by atoms with Crippen molar-refractivity contribution in [1.29, 1.82) is 0 Å². The van der Waals surface area contributed by atoms with Gasteiger partial charge in [-0.2, -0.15) is 0 Å². The van der Waals surface area contributed by atoms with E-state index in [2.05, 4.69) is 4.72 Å². The number of ether oxygens (including phenoxy) is 1. The van der Waals surface area contributed by atoms with Crippen LogP contribution in [0.5, 0.6) is 5.75 Å². The molecule has 1 rings (SSSR count). The zero-order chi connectivity index (χ0) is 12.2. The number of aryl methyl sites for hydroxylation is 1. The van der Waals surface area contributed by atoms with E-state index in [9.17, 15) is 8.42 Å². The molecule has 6 heteroatoms. The molecule has 0 aromatic heterocycles. The molecule has 0 heterocycles. The van der Waals surface area contributed by atoms with E-state index in [4.69, 9.17) is 10.5 Å². The average Bonchev–Trinajstić information content (AvgIpc) is 2.26. The van der Waals surface area contributed by atoms with E-state index in [1.807, 2.05) is 0 Å². The normalized spacial score (nSPS) is 11.4. The molecule has 0 bridgehead atoms. The second-order valence-electron chi connectivity index (χ2n) is 3.32. The van der Waals surface area contributed by atoms with Crippen molar-refractivity contribution in [3.63, 3.8) is 0 Å². The molecule has 0 saturated heterocycles. The second-order valence-corrected chi connectivity index (χ2v) is 5.08. The largest absolute Gasteiger partial charge is 0.496 e. The van der Waals surface area contributed by atoms with E-state index >= 15 is 0 Å². The van der Waals surface area contributed by atoms with Crippen LogP contribution in [0.4, 0.5) is 0 Å². The van der Waals surface area contributed by atoms with Gasteiger partial charge in [-0.3, -0.25) is 0 Å². The first kappa shape index (κ1) is 13.0. The Kier molecular flexibility index (Phi) is 4.28. The molecule has 0 aliphatic carbocycles. The van der Waals surface area contributed by atoms with Crippen molar-refractivity contribution in [3.05, 3.63) is 23.8 Å². The van der Waals surface area contributed by atoms with Crippen LogP contribution >= 0.6 is 0 Å². The number of methoxy groups -OCH3 is 1. The van der Waals surface area contributed by atoms with Gasteiger partial charge in [-0.1, -0.05) is 0 Å². The molecule has 0 atom stereocenters. The van der Waals surface area contributed by atoms with Crippen LogP contribution in [0.1, 0.15) is 5.56 Å². The molecule has 0 fully saturated rings. The third-order valence-corrected chi connectivity index (χ3v) is 3.57. The van der Waals surface area contributed by atoms with Crippen LogP contribution in [-0.4, -0.2) is 28.6 Å². The highest BCUT2D eigenvalue weighted by Crippen LogP contribution is 2.20. The maximum Gasteiger partial charge on any atom is 0.240 e. The fourth-order valence-electron chi connectivity index (χ4n) is 1.29. The van der Waals surface area contributed by atoms with E-state index in [1.54, 1.807) is 26.2 Å². The predicted octanol–water partition coefficient (Wildman–Crippen LogP) is 0.241. The van der Waals surface area contributed by atoms with E-state index in [-0.39, 0.29) is 18.0 Å². The summed E-state index contributed by atoms with van der Waals surface area (Å²) in [5, 5.41) is 0. The lowest BCUT2D eigenvalue weighted by molar-refractivity contribution is 0.411. The molecule has 1 aromatic rings. The van der Waals surface area contributed by atoms with Crippen LogP contribution < -0.4 is 15.2 Å². The van der Waals surface area contributed by atoms with Crippen LogP contribution in [0.25, 0.3) is 0 Å². The third-order valence-electron chi connectivity index (χ3n) is 2.11. The predicted molar refractivity (Wildman–Crippen MR) is 62.0 cm³/mol. The Hall–Kier alpha value is -1.11. The molecule has 0 aliphatic heterocycles. The Morgan fingerprint density at radius 1 is 1.44 bits per heavy atom. The molecule has 0 radical (unpaired) electrons. The summed E-state index contributed by atoms with van der Waals surface area (Å²) in [6, 6.07) is 4.70. The third kappa shape index (κ3) is 2.94. The lowest BCUT2D eigenvalue weighted by Gasteiger charge is -2.08.